The molecule has 3 aromatic rings. The maximum atomic E-state index is 12.4. The third-order valence-electron chi connectivity index (χ3n) is 3.62. The molecule has 0 unspecified atom stereocenters. The van der Waals surface area contributed by atoms with E-state index in [-0.39, 0.29) is 12.0 Å². The van der Waals surface area contributed by atoms with Crippen molar-refractivity contribution < 1.29 is 14.7 Å². The summed E-state index contributed by atoms with van der Waals surface area (Å²) >= 11 is 6.12. The van der Waals surface area contributed by atoms with Gasteiger partial charge in [-0.3, -0.25) is 14.7 Å². The van der Waals surface area contributed by atoms with Gasteiger partial charge in [-0.1, -0.05) is 35.0 Å². The molecule has 0 saturated carbocycles. The summed E-state index contributed by atoms with van der Waals surface area (Å²) < 4.78 is 0. The number of rotatable bonds is 6. The molecule has 3 N–H and O–H groups in total. The van der Waals surface area contributed by atoms with Crippen molar-refractivity contribution in [2.75, 3.05) is 0 Å². The molecule has 8 nitrogen and oxygen atoms in total. The number of amides is 1. The molecule has 1 aromatic carbocycles. The number of benzene rings is 1. The number of aromatic amines is 1. The van der Waals surface area contributed by atoms with Gasteiger partial charge in [-0.15, -0.1) is 5.10 Å². The van der Waals surface area contributed by atoms with Gasteiger partial charge in [0.2, 0.25) is 5.65 Å². The lowest BCUT2D eigenvalue weighted by Gasteiger charge is -2.17. The van der Waals surface area contributed by atoms with Crippen molar-refractivity contribution in [3.63, 3.8) is 0 Å². The van der Waals surface area contributed by atoms with Crippen LogP contribution in [0.4, 0.5) is 0 Å². The van der Waals surface area contributed by atoms with E-state index in [1.165, 1.54) is 6.20 Å². The molecular formula is C16H14ClN5O3. The van der Waals surface area contributed by atoms with Crippen molar-refractivity contribution in [2.45, 2.75) is 18.9 Å². The normalized spacial score (nSPS) is 12.0. The Bertz CT molecular complexity index is 927. The van der Waals surface area contributed by atoms with Gasteiger partial charge in [0.25, 0.3) is 5.91 Å². The first kappa shape index (κ1) is 16.8. The molecule has 25 heavy (non-hydrogen) atoms. The molecule has 0 spiro atoms. The molecule has 0 radical (unpaired) electrons. The average molecular weight is 360 g/mol. The van der Waals surface area contributed by atoms with Crippen LogP contribution in [0.3, 0.4) is 0 Å². The molecule has 2 heterocycles. The van der Waals surface area contributed by atoms with Crippen LogP contribution in [0, 0.1) is 0 Å². The number of H-pyrrole nitrogens is 1. The molecule has 0 bridgehead atoms. The Balaban J connectivity index is 1.78. The number of aromatic nitrogens is 4. The lowest BCUT2D eigenvalue weighted by Crippen LogP contribution is -2.38. The molecule has 1 atom stereocenters. The second kappa shape index (κ2) is 7.27. The van der Waals surface area contributed by atoms with Crippen LogP contribution < -0.4 is 5.32 Å². The van der Waals surface area contributed by atoms with Crippen molar-refractivity contribution in [1.82, 2.24) is 25.7 Å². The van der Waals surface area contributed by atoms with E-state index in [9.17, 15) is 9.59 Å². The summed E-state index contributed by atoms with van der Waals surface area (Å²) in [6.07, 6.45) is 1.45. The number of hydrogen-bond acceptors (Lipinski definition) is 5. The molecule has 0 saturated heterocycles. The topological polar surface area (TPSA) is 121 Å². The second-order valence-corrected chi connectivity index (χ2v) is 5.88. The fourth-order valence-corrected chi connectivity index (χ4v) is 2.67. The van der Waals surface area contributed by atoms with Gasteiger partial charge >= 0.3 is 5.97 Å². The van der Waals surface area contributed by atoms with E-state index in [2.05, 4.69) is 25.7 Å². The van der Waals surface area contributed by atoms with Crippen LogP contribution in [-0.4, -0.2) is 43.4 Å². The van der Waals surface area contributed by atoms with E-state index in [1.54, 1.807) is 24.3 Å². The number of carbonyl (C=O) groups is 2. The zero-order valence-electron chi connectivity index (χ0n) is 12.9. The highest BCUT2D eigenvalue weighted by Crippen LogP contribution is 2.18. The Hall–Kier alpha value is -3.00. The minimum atomic E-state index is -1.01. The van der Waals surface area contributed by atoms with Gasteiger partial charge in [-0.25, -0.2) is 4.98 Å². The first-order valence-corrected chi connectivity index (χ1v) is 7.83. The molecule has 3 rings (SSSR count). The monoisotopic (exact) mass is 359 g/mol. The SMILES string of the molecule is O=C(O)C[C@@H](Cc1ccccc1Cl)NC(=O)c1cnc2nn[nH]c2c1. The van der Waals surface area contributed by atoms with Crippen molar-refractivity contribution in [2.24, 2.45) is 0 Å². The maximum Gasteiger partial charge on any atom is 0.305 e. The van der Waals surface area contributed by atoms with Crippen LogP contribution in [0.15, 0.2) is 36.5 Å². The molecule has 9 heteroatoms. The van der Waals surface area contributed by atoms with Gasteiger partial charge in [-0.05, 0) is 24.1 Å². The summed E-state index contributed by atoms with van der Waals surface area (Å²) in [5.74, 6) is -1.44. The first-order valence-electron chi connectivity index (χ1n) is 7.46. The number of nitrogens with zero attached hydrogens (tertiary/aromatic N) is 3. The number of aliphatic carboxylic acids is 1. The largest absolute Gasteiger partial charge is 0.481 e. The van der Waals surface area contributed by atoms with Gasteiger partial charge in [0.05, 0.1) is 12.0 Å². The fraction of sp³-hybridized carbons (Fsp3) is 0.188. The highest BCUT2D eigenvalue weighted by molar-refractivity contribution is 6.31. The van der Waals surface area contributed by atoms with E-state index in [4.69, 9.17) is 16.7 Å². The zero-order chi connectivity index (χ0) is 17.8. The van der Waals surface area contributed by atoms with E-state index in [1.807, 2.05) is 6.07 Å². The second-order valence-electron chi connectivity index (χ2n) is 5.47. The zero-order valence-corrected chi connectivity index (χ0v) is 13.7. The molecule has 2 aromatic heterocycles. The maximum absolute atomic E-state index is 12.4. The van der Waals surface area contributed by atoms with Gasteiger partial charge in [-0.2, -0.15) is 0 Å². The van der Waals surface area contributed by atoms with E-state index in [0.29, 0.717) is 22.6 Å². The smallest absolute Gasteiger partial charge is 0.305 e. The van der Waals surface area contributed by atoms with Crippen LogP contribution in [0.25, 0.3) is 11.2 Å². The first-order chi connectivity index (χ1) is 12.0. The number of halogens is 1. The Labute approximate surface area is 147 Å². The Morgan fingerprint density at radius 1 is 1.32 bits per heavy atom. The van der Waals surface area contributed by atoms with Crippen LogP contribution in [0.1, 0.15) is 22.3 Å². The van der Waals surface area contributed by atoms with Crippen molar-refractivity contribution >= 4 is 34.6 Å². The summed E-state index contributed by atoms with van der Waals surface area (Å²) in [7, 11) is 0. The number of carbonyl (C=O) groups excluding carboxylic acids is 1. The molecule has 128 valence electrons. The number of hydrogen-bond donors (Lipinski definition) is 3. The van der Waals surface area contributed by atoms with Crippen LogP contribution >= 0.6 is 11.6 Å². The third-order valence-corrected chi connectivity index (χ3v) is 3.99. The summed E-state index contributed by atoms with van der Waals surface area (Å²) in [6, 6.07) is 8.07. The van der Waals surface area contributed by atoms with E-state index >= 15 is 0 Å². The molecule has 0 aliphatic heterocycles. The Kier molecular flexibility index (Phi) is 4.90. The van der Waals surface area contributed by atoms with E-state index < -0.39 is 17.9 Å². The summed E-state index contributed by atoms with van der Waals surface area (Å²) in [5, 5.41) is 22.3. The van der Waals surface area contributed by atoms with Gasteiger partial charge in [0, 0.05) is 17.3 Å². The van der Waals surface area contributed by atoms with Crippen molar-refractivity contribution in [3.8, 4) is 0 Å². The fourth-order valence-electron chi connectivity index (χ4n) is 2.45. The number of carboxylic acids is 1. The molecule has 0 fully saturated rings. The Morgan fingerprint density at radius 2 is 2.12 bits per heavy atom. The molecule has 0 aliphatic rings. The van der Waals surface area contributed by atoms with Crippen LogP contribution in [-0.2, 0) is 11.2 Å². The molecular weight excluding hydrogens is 346 g/mol. The lowest BCUT2D eigenvalue weighted by molar-refractivity contribution is -0.137. The standard InChI is InChI=1S/C16H14ClN5O3/c17-12-4-2-1-3-9(12)5-11(7-14(23)24)19-16(25)10-6-13-15(18-8-10)21-22-20-13/h1-4,6,8,11H,5,7H2,(H,19,25)(H,23,24)(H,18,20,21,22)/t11-/m1/s1. The van der Waals surface area contributed by atoms with Crippen molar-refractivity contribution in [3.05, 3.63) is 52.7 Å². The van der Waals surface area contributed by atoms with Crippen molar-refractivity contribution in [1.29, 1.82) is 0 Å². The Morgan fingerprint density at radius 3 is 2.88 bits per heavy atom. The van der Waals surface area contributed by atoms with Gasteiger partial charge in [0.1, 0.15) is 5.52 Å². The summed E-state index contributed by atoms with van der Waals surface area (Å²) in [6.45, 7) is 0. The number of carboxylic acid groups (broad SMARTS) is 1. The average Bonchev–Trinajstić information content (AvgIpc) is 3.04. The van der Waals surface area contributed by atoms with Crippen LogP contribution in [0.2, 0.25) is 5.02 Å². The van der Waals surface area contributed by atoms with Gasteiger partial charge in [0.15, 0.2) is 0 Å². The quantitative estimate of drug-likeness (QED) is 0.617. The number of nitrogens with one attached hydrogen (secondary N) is 2. The molecule has 0 aliphatic carbocycles. The number of fused-ring (bicyclic) bond motifs is 1. The number of pyridine rings is 1. The third kappa shape index (κ3) is 4.10. The highest BCUT2D eigenvalue weighted by Gasteiger charge is 2.19. The summed E-state index contributed by atoms with van der Waals surface area (Å²) in [5.41, 5.74) is 1.97. The predicted molar refractivity (Wildman–Crippen MR) is 90.3 cm³/mol. The van der Waals surface area contributed by atoms with Gasteiger partial charge < -0.3 is 10.4 Å². The lowest BCUT2D eigenvalue weighted by atomic mass is 10.0. The van der Waals surface area contributed by atoms with Crippen LogP contribution in [0.5, 0.6) is 0 Å². The minimum Gasteiger partial charge on any atom is -0.481 e. The minimum absolute atomic E-state index is 0.224. The predicted octanol–water partition coefficient (Wildman–Crippen LogP) is 1.82. The molecule has 1 amide bonds. The van der Waals surface area contributed by atoms with E-state index in [0.717, 1.165) is 5.56 Å². The summed E-state index contributed by atoms with van der Waals surface area (Å²) in [4.78, 5) is 27.6. The highest BCUT2D eigenvalue weighted by atomic mass is 35.5.